The van der Waals surface area contributed by atoms with Crippen LogP contribution in [0, 0.1) is 0 Å². The average Bonchev–Trinajstić information content (AvgIpc) is 3.45. The van der Waals surface area contributed by atoms with Crippen LogP contribution in [0.5, 0.6) is 0 Å². The number of hydrogen-bond donors (Lipinski definition) is 0. The van der Waals surface area contributed by atoms with E-state index in [2.05, 4.69) is 4.98 Å². The molecule has 29 heavy (non-hydrogen) atoms. The predicted molar refractivity (Wildman–Crippen MR) is 110 cm³/mol. The van der Waals surface area contributed by atoms with Crippen molar-refractivity contribution in [2.75, 3.05) is 19.8 Å². The SMILES string of the molecule is O=C(C[C@@H]1COCCN1C(=O)CCc1ncc(-c2ccccc2)o1)c1cccs1. The molecule has 3 aromatic rings. The first-order chi connectivity index (χ1) is 14.2. The van der Waals surface area contributed by atoms with Crippen LogP contribution in [0.1, 0.15) is 28.4 Å². The molecule has 0 bridgehead atoms. The lowest BCUT2D eigenvalue weighted by molar-refractivity contribution is -0.139. The Kier molecular flexibility index (Phi) is 6.17. The standard InChI is InChI=1S/C22H22N2O4S/c25-18(20-7-4-12-29-20)13-17-15-27-11-10-24(17)22(26)9-8-21-23-14-19(28-21)16-5-2-1-3-6-16/h1-7,12,14,17H,8-11,13,15H2/t17-/m1/s1. The third-order valence-corrected chi connectivity index (χ3v) is 5.84. The first kappa shape index (κ1) is 19.5. The molecule has 0 radical (unpaired) electrons. The maximum atomic E-state index is 12.8. The van der Waals surface area contributed by atoms with Crippen LogP contribution in [0.15, 0.2) is 58.5 Å². The van der Waals surface area contributed by atoms with E-state index in [1.54, 1.807) is 11.1 Å². The number of thiophene rings is 1. The third-order valence-electron chi connectivity index (χ3n) is 4.93. The summed E-state index contributed by atoms with van der Waals surface area (Å²) >= 11 is 1.42. The zero-order valence-corrected chi connectivity index (χ0v) is 16.8. The van der Waals surface area contributed by atoms with Gasteiger partial charge in [0.15, 0.2) is 17.4 Å². The highest BCUT2D eigenvalue weighted by atomic mass is 32.1. The molecular weight excluding hydrogens is 388 g/mol. The molecule has 1 amide bonds. The molecule has 1 atom stereocenters. The van der Waals surface area contributed by atoms with E-state index in [9.17, 15) is 9.59 Å². The van der Waals surface area contributed by atoms with E-state index in [0.29, 0.717) is 44.3 Å². The molecule has 0 unspecified atom stereocenters. The van der Waals surface area contributed by atoms with Crippen molar-refractivity contribution in [3.05, 3.63) is 64.8 Å². The number of ketones is 1. The van der Waals surface area contributed by atoms with Gasteiger partial charge in [-0.1, -0.05) is 36.4 Å². The minimum atomic E-state index is -0.227. The van der Waals surface area contributed by atoms with Crippen molar-refractivity contribution in [1.82, 2.24) is 9.88 Å². The van der Waals surface area contributed by atoms with Gasteiger partial charge in [-0.15, -0.1) is 11.3 Å². The molecule has 150 valence electrons. The summed E-state index contributed by atoms with van der Waals surface area (Å²) in [4.78, 5) is 32.1. The first-order valence-corrected chi connectivity index (χ1v) is 10.5. The average molecular weight is 410 g/mol. The normalized spacial score (nSPS) is 16.7. The van der Waals surface area contributed by atoms with Crippen LogP contribution >= 0.6 is 11.3 Å². The smallest absolute Gasteiger partial charge is 0.223 e. The molecule has 4 rings (SSSR count). The van der Waals surface area contributed by atoms with Gasteiger partial charge in [-0.25, -0.2) is 4.98 Å². The van der Waals surface area contributed by atoms with Gasteiger partial charge in [0.2, 0.25) is 5.91 Å². The quantitative estimate of drug-likeness (QED) is 0.554. The number of rotatable bonds is 7. The van der Waals surface area contributed by atoms with Gasteiger partial charge in [-0.2, -0.15) is 0 Å². The lowest BCUT2D eigenvalue weighted by atomic mass is 10.1. The highest BCUT2D eigenvalue weighted by Crippen LogP contribution is 2.21. The van der Waals surface area contributed by atoms with Crippen LogP contribution in [0.25, 0.3) is 11.3 Å². The van der Waals surface area contributed by atoms with Crippen LogP contribution in [-0.4, -0.2) is 47.4 Å². The van der Waals surface area contributed by atoms with E-state index in [0.717, 1.165) is 10.4 Å². The number of amides is 1. The molecule has 1 aliphatic rings. The maximum Gasteiger partial charge on any atom is 0.223 e. The number of carbonyl (C=O) groups is 2. The Morgan fingerprint density at radius 2 is 2.03 bits per heavy atom. The molecular formula is C22H22N2O4S. The molecule has 0 aliphatic carbocycles. The Hall–Kier alpha value is -2.77. The molecule has 0 spiro atoms. The molecule has 6 nitrogen and oxygen atoms in total. The minimum absolute atomic E-state index is 0.00302. The molecule has 2 aromatic heterocycles. The Morgan fingerprint density at radius 3 is 2.83 bits per heavy atom. The number of ether oxygens (including phenoxy) is 1. The molecule has 7 heteroatoms. The third kappa shape index (κ3) is 4.81. The lowest BCUT2D eigenvalue weighted by Gasteiger charge is -2.35. The van der Waals surface area contributed by atoms with Gasteiger partial charge in [0.25, 0.3) is 0 Å². The van der Waals surface area contributed by atoms with Crippen molar-refractivity contribution in [3.8, 4) is 11.3 Å². The van der Waals surface area contributed by atoms with E-state index in [-0.39, 0.29) is 24.2 Å². The first-order valence-electron chi connectivity index (χ1n) is 9.65. The van der Waals surface area contributed by atoms with Gasteiger partial charge in [0, 0.05) is 31.4 Å². The van der Waals surface area contributed by atoms with Gasteiger partial charge in [0.05, 0.1) is 30.3 Å². The fourth-order valence-corrected chi connectivity index (χ4v) is 4.10. The van der Waals surface area contributed by atoms with Gasteiger partial charge in [-0.05, 0) is 11.4 Å². The molecule has 1 saturated heterocycles. The Bertz CT molecular complexity index is 952. The molecule has 1 aromatic carbocycles. The fourth-order valence-electron chi connectivity index (χ4n) is 3.42. The number of hydrogen-bond acceptors (Lipinski definition) is 6. The number of Topliss-reactive ketones (excluding diaryl/α,β-unsaturated/α-hetero) is 1. The summed E-state index contributed by atoms with van der Waals surface area (Å²) in [6.45, 7) is 1.38. The number of benzene rings is 1. The van der Waals surface area contributed by atoms with Gasteiger partial charge in [-0.3, -0.25) is 9.59 Å². The second-order valence-corrected chi connectivity index (χ2v) is 7.85. The fraction of sp³-hybridized carbons (Fsp3) is 0.318. The lowest BCUT2D eigenvalue weighted by Crippen LogP contribution is -2.49. The van der Waals surface area contributed by atoms with Crippen molar-refractivity contribution in [1.29, 1.82) is 0 Å². The van der Waals surface area contributed by atoms with E-state index in [1.807, 2.05) is 47.8 Å². The van der Waals surface area contributed by atoms with Gasteiger partial charge in [0.1, 0.15) is 0 Å². The second-order valence-electron chi connectivity index (χ2n) is 6.90. The van der Waals surface area contributed by atoms with Crippen molar-refractivity contribution >= 4 is 23.0 Å². The summed E-state index contributed by atoms with van der Waals surface area (Å²) in [7, 11) is 0. The second kappa shape index (κ2) is 9.15. The predicted octanol–water partition coefficient (Wildman–Crippen LogP) is 3.84. The Morgan fingerprint density at radius 1 is 1.17 bits per heavy atom. The summed E-state index contributed by atoms with van der Waals surface area (Å²) in [6, 6.07) is 13.2. The largest absolute Gasteiger partial charge is 0.441 e. The summed E-state index contributed by atoms with van der Waals surface area (Å²) in [5.41, 5.74) is 0.956. The number of oxazole rings is 1. The van der Waals surface area contributed by atoms with Gasteiger partial charge < -0.3 is 14.1 Å². The topological polar surface area (TPSA) is 72.6 Å². The van der Waals surface area contributed by atoms with E-state index < -0.39 is 0 Å². The zero-order valence-electron chi connectivity index (χ0n) is 16.0. The van der Waals surface area contributed by atoms with Crippen LogP contribution in [0.4, 0.5) is 0 Å². The van der Waals surface area contributed by atoms with Crippen LogP contribution in [0.3, 0.4) is 0 Å². The summed E-state index contributed by atoms with van der Waals surface area (Å²) in [5, 5.41) is 1.88. The van der Waals surface area contributed by atoms with E-state index in [4.69, 9.17) is 9.15 Å². The summed E-state index contributed by atoms with van der Waals surface area (Å²) in [6.07, 6.45) is 2.68. The van der Waals surface area contributed by atoms with E-state index >= 15 is 0 Å². The molecule has 3 heterocycles. The van der Waals surface area contributed by atoms with Crippen LogP contribution in [-0.2, 0) is 16.0 Å². The van der Waals surface area contributed by atoms with Crippen LogP contribution in [0.2, 0.25) is 0 Å². The van der Waals surface area contributed by atoms with Crippen LogP contribution < -0.4 is 0 Å². The Labute approximate surface area is 173 Å². The van der Waals surface area contributed by atoms with Gasteiger partial charge >= 0.3 is 0 Å². The summed E-state index contributed by atoms with van der Waals surface area (Å²) in [5.74, 6) is 1.28. The number of morpholine rings is 1. The van der Waals surface area contributed by atoms with Crippen molar-refractivity contribution < 1.29 is 18.7 Å². The molecule has 1 fully saturated rings. The molecule has 1 aliphatic heterocycles. The van der Waals surface area contributed by atoms with Crippen molar-refractivity contribution in [2.45, 2.75) is 25.3 Å². The zero-order chi connectivity index (χ0) is 20.1. The molecule has 0 saturated carbocycles. The highest BCUT2D eigenvalue weighted by Gasteiger charge is 2.29. The number of aryl methyl sites for hydroxylation is 1. The van der Waals surface area contributed by atoms with E-state index in [1.165, 1.54) is 11.3 Å². The molecule has 0 N–H and O–H groups in total. The van der Waals surface area contributed by atoms with Crippen molar-refractivity contribution in [2.24, 2.45) is 0 Å². The number of carbonyl (C=O) groups excluding carboxylic acids is 2. The number of aromatic nitrogens is 1. The Balaban J connectivity index is 1.35. The van der Waals surface area contributed by atoms with Crippen molar-refractivity contribution in [3.63, 3.8) is 0 Å². The maximum absolute atomic E-state index is 12.8. The monoisotopic (exact) mass is 410 g/mol. The minimum Gasteiger partial charge on any atom is -0.441 e. The number of nitrogens with zero attached hydrogens (tertiary/aromatic N) is 2. The highest BCUT2D eigenvalue weighted by molar-refractivity contribution is 7.12. The summed E-state index contributed by atoms with van der Waals surface area (Å²) < 4.78 is 11.3.